The molecular weight excluding hydrogens is 272 g/mol. The zero-order valence-corrected chi connectivity index (χ0v) is 11.6. The maximum absolute atomic E-state index is 12.2. The van der Waals surface area contributed by atoms with Gasteiger partial charge in [-0.15, -0.1) is 0 Å². The molecule has 1 saturated carbocycles. The quantitative estimate of drug-likeness (QED) is 0.775. The number of hydrogen-bond acceptors (Lipinski definition) is 4. The molecule has 0 aromatic carbocycles. The van der Waals surface area contributed by atoms with E-state index in [0.29, 0.717) is 0 Å². The van der Waals surface area contributed by atoms with E-state index in [-0.39, 0.29) is 36.5 Å². The first-order valence-corrected chi connectivity index (χ1v) is 8.08. The van der Waals surface area contributed by atoms with Crippen molar-refractivity contribution in [1.82, 2.24) is 9.80 Å². The minimum atomic E-state index is -3.25. The van der Waals surface area contributed by atoms with Crippen molar-refractivity contribution >= 4 is 21.8 Å². The lowest BCUT2D eigenvalue weighted by molar-refractivity contribution is -0.138. The third-order valence-electron chi connectivity index (χ3n) is 3.58. The van der Waals surface area contributed by atoms with Crippen LogP contribution in [0.15, 0.2) is 0 Å². The first-order valence-electron chi connectivity index (χ1n) is 6.26. The lowest BCUT2D eigenvalue weighted by Crippen LogP contribution is -2.55. The van der Waals surface area contributed by atoms with E-state index in [4.69, 9.17) is 5.11 Å². The third-order valence-corrected chi connectivity index (χ3v) is 5.28. The van der Waals surface area contributed by atoms with Gasteiger partial charge in [0.25, 0.3) is 0 Å². The summed E-state index contributed by atoms with van der Waals surface area (Å²) in [7, 11) is -1.57. The Bertz CT molecular complexity index is 485. The Labute approximate surface area is 112 Å². The van der Waals surface area contributed by atoms with Gasteiger partial charge in [-0.25, -0.2) is 13.2 Å². The van der Waals surface area contributed by atoms with E-state index in [0.717, 1.165) is 12.8 Å². The number of carbonyl (C=O) groups is 2. The van der Waals surface area contributed by atoms with Crippen LogP contribution in [-0.2, 0) is 14.6 Å². The largest absolute Gasteiger partial charge is 0.481 e. The van der Waals surface area contributed by atoms with Crippen LogP contribution in [0.3, 0.4) is 0 Å². The van der Waals surface area contributed by atoms with E-state index in [1.807, 2.05) is 0 Å². The fourth-order valence-electron chi connectivity index (χ4n) is 2.33. The molecule has 1 aliphatic heterocycles. The van der Waals surface area contributed by atoms with E-state index in [1.165, 1.54) is 4.90 Å². The smallest absolute Gasteiger partial charge is 0.320 e. The summed E-state index contributed by atoms with van der Waals surface area (Å²) < 4.78 is 23.2. The lowest BCUT2D eigenvalue weighted by atomic mass is 10.2. The number of amides is 2. The second kappa shape index (κ2) is 4.99. The van der Waals surface area contributed by atoms with Crippen LogP contribution < -0.4 is 0 Å². The summed E-state index contributed by atoms with van der Waals surface area (Å²) in [5.41, 5.74) is 0. The van der Waals surface area contributed by atoms with Crippen molar-refractivity contribution in [3.8, 4) is 0 Å². The summed E-state index contributed by atoms with van der Waals surface area (Å²) in [6, 6.07) is -0.801. The Morgan fingerprint density at radius 2 is 2.00 bits per heavy atom. The molecule has 0 spiro atoms. The van der Waals surface area contributed by atoms with Crippen molar-refractivity contribution in [2.24, 2.45) is 0 Å². The van der Waals surface area contributed by atoms with Crippen molar-refractivity contribution in [1.29, 1.82) is 0 Å². The molecule has 1 heterocycles. The van der Waals surface area contributed by atoms with Crippen LogP contribution in [-0.4, -0.2) is 72.5 Å². The zero-order valence-electron chi connectivity index (χ0n) is 10.8. The maximum atomic E-state index is 12.2. The lowest BCUT2D eigenvalue weighted by Gasteiger charge is -2.37. The van der Waals surface area contributed by atoms with Gasteiger partial charge in [0, 0.05) is 19.6 Å². The molecule has 7 nitrogen and oxygen atoms in total. The van der Waals surface area contributed by atoms with Crippen LogP contribution in [0.5, 0.6) is 0 Å². The Balaban J connectivity index is 2.11. The zero-order chi connectivity index (χ0) is 14.2. The molecule has 1 unspecified atom stereocenters. The average molecular weight is 290 g/mol. The van der Waals surface area contributed by atoms with Crippen molar-refractivity contribution in [2.45, 2.75) is 31.3 Å². The first-order chi connectivity index (χ1) is 8.80. The molecule has 1 saturated heterocycles. The summed E-state index contributed by atoms with van der Waals surface area (Å²) in [6.07, 6.45) is 1.58. The van der Waals surface area contributed by atoms with E-state index < -0.39 is 21.8 Å². The number of nitrogens with zero attached hydrogens (tertiary/aromatic N) is 2. The standard InChI is InChI=1S/C11H18N2O5S/c1-12(8-2-3-8)11(16)13-4-5-19(17,18)7-9(13)6-10(14)15/h8-9H,2-7H2,1H3,(H,14,15). The fraction of sp³-hybridized carbons (Fsp3) is 0.818. The topological polar surface area (TPSA) is 95.0 Å². The average Bonchev–Trinajstić information content (AvgIpc) is 3.09. The second-order valence-corrected chi connectivity index (χ2v) is 7.41. The van der Waals surface area contributed by atoms with Crippen LogP contribution in [0.25, 0.3) is 0 Å². The highest BCUT2D eigenvalue weighted by molar-refractivity contribution is 7.91. The highest BCUT2D eigenvalue weighted by atomic mass is 32.2. The summed E-state index contributed by atoms with van der Waals surface area (Å²) in [5, 5.41) is 8.85. The van der Waals surface area contributed by atoms with Crippen molar-refractivity contribution in [2.75, 3.05) is 25.1 Å². The molecule has 2 rings (SSSR count). The number of rotatable bonds is 3. The molecule has 0 aromatic rings. The Hall–Kier alpha value is -1.31. The van der Waals surface area contributed by atoms with Gasteiger partial charge < -0.3 is 14.9 Å². The van der Waals surface area contributed by atoms with E-state index in [9.17, 15) is 18.0 Å². The Kier molecular flexibility index (Phi) is 3.71. The van der Waals surface area contributed by atoms with Crippen molar-refractivity contribution < 1.29 is 23.1 Å². The van der Waals surface area contributed by atoms with Crippen LogP contribution in [0, 0.1) is 0 Å². The van der Waals surface area contributed by atoms with Gasteiger partial charge in [0.1, 0.15) is 0 Å². The summed E-state index contributed by atoms with van der Waals surface area (Å²) in [6.45, 7) is 0.0795. The molecule has 1 N–H and O–H groups in total. The minimum absolute atomic E-state index is 0.0795. The van der Waals surface area contributed by atoms with Gasteiger partial charge in [-0.3, -0.25) is 4.79 Å². The van der Waals surface area contributed by atoms with Crippen LogP contribution in [0.4, 0.5) is 4.79 Å². The third kappa shape index (κ3) is 3.37. The van der Waals surface area contributed by atoms with Gasteiger partial charge in [0.2, 0.25) is 0 Å². The maximum Gasteiger partial charge on any atom is 0.320 e. The summed E-state index contributed by atoms with van der Waals surface area (Å²) >= 11 is 0. The van der Waals surface area contributed by atoms with Crippen LogP contribution in [0.2, 0.25) is 0 Å². The predicted molar refractivity (Wildman–Crippen MR) is 67.6 cm³/mol. The number of hydrogen-bond donors (Lipinski definition) is 1. The highest BCUT2D eigenvalue weighted by Gasteiger charge is 2.39. The molecule has 108 valence electrons. The Morgan fingerprint density at radius 3 is 2.53 bits per heavy atom. The molecule has 0 radical (unpaired) electrons. The molecule has 0 bridgehead atoms. The summed E-state index contributed by atoms with van der Waals surface area (Å²) in [5.74, 6) is -1.44. The van der Waals surface area contributed by atoms with Crippen LogP contribution in [0.1, 0.15) is 19.3 Å². The minimum Gasteiger partial charge on any atom is -0.481 e. The molecule has 2 aliphatic rings. The molecule has 19 heavy (non-hydrogen) atoms. The van der Waals surface area contributed by atoms with Gasteiger partial charge in [0.05, 0.1) is 24.0 Å². The molecule has 2 amide bonds. The van der Waals surface area contributed by atoms with E-state index >= 15 is 0 Å². The van der Waals surface area contributed by atoms with Crippen molar-refractivity contribution in [3.05, 3.63) is 0 Å². The Morgan fingerprint density at radius 1 is 1.37 bits per heavy atom. The number of sulfone groups is 1. The number of carboxylic acid groups (broad SMARTS) is 1. The van der Waals surface area contributed by atoms with E-state index in [1.54, 1.807) is 11.9 Å². The number of carbonyl (C=O) groups excluding carboxylic acids is 1. The molecule has 1 aliphatic carbocycles. The molecule has 0 aromatic heterocycles. The number of urea groups is 1. The first kappa shape index (κ1) is 14.1. The van der Waals surface area contributed by atoms with Crippen LogP contribution >= 0.6 is 0 Å². The SMILES string of the molecule is CN(C(=O)N1CCS(=O)(=O)CC1CC(=O)O)C1CC1. The summed E-state index contributed by atoms with van der Waals surface area (Å²) in [4.78, 5) is 26.0. The van der Waals surface area contributed by atoms with Gasteiger partial charge >= 0.3 is 12.0 Å². The fourth-order valence-corrected chi connectivity index (χ4v) is 3.86. The normalized spacial score (nSPS) is 25.9. The molecule has 1 atom stereocenters. The van der Waals surface area contributed by atoms with Gasteiger partial charge in [-0.1, -0.05) is 0 Å². The van der Waals surface area contributed by atoms with Crippen molar-refractivity contribution in [3.63, 3.8) is 0 Å². The molecular formula is C11H18N2O5S. The van der Waals surface area contributed by atoms with Gasteiger partial charge in [-0.2, -0.15) is 0 Å². The number of carboxylic acids is 1. The molecule has 8 heteroatoms. The van der Waals surface area contributed by atoms with Gasteiger partial charge in [0.15, 0.2) is 9.84 Å². The number of aliphatic carboxylic acids is 1. The molecule has 2 fully saturated rings. The van der Waals surface area contributed by atoms with Gasteiger partial charge in [-0.05, 0) is 12.8 Å². The monoisotopic (exact) mass is 290 g/mol. The predicted octanol–water partition coefficient (Wildman–Crippen LogP) is -0.226. The second-order valence-electron chi connectivity index (χ2n) is 5.18. The highest BCUT2D eigenvalue weighted by Crippen LogP contribution is 2.27. The van der Waals surface area contributed by atoms with E-state index in [2.05, 4.69) is 0 Å².